The summed E-state index contributed by atoms with van der Waals surface area (Å²) in [5.74, 6) is 0.843. The molecule has 13 rings (SSSR count). The Hall–Kier alpha value is -8.73. The third kappa shape index (κ3) is 6.18. The highest BCUT2D eigenvalue weighted by Crippen LogP contribution is 2.38. The van der Waals surface area contributed by atoms with Crippen LogP contribution in [0.25, 0.3) is 122 Å². The molecule has 10 aromatic carbocycles. The summed E-state index contributed by atoms with van der Waals surface area (Å²) in [5, 5.41) is 7.46. The highest BCUT2D eigenvalue weighted by molar-refractivity contribution is 6.10. The van der Waals surface area contributed by atoms with Crippen LogP contribution in [0.15, 0.2) is 237 Å². The molecule has 3 aromatic heterocycles. The first-order valence-electron chi connectivity index (χ1n) is 22.2. The lowest BCUT2D eigenvalue weighted by Gasteiger charge is -2.10. The predicted molar refractivity (Wildman–Crippen MR) is 272 cm³/mol. The number of fused-ring (bicyclic) bond motifs is 7. The van der Waals surface area contributed by atoms with Gasteiger partial charge in [0, 0.05) is 49.6 Å². The molecule has 0 saturated carbocycles. The number of hydrogen-bond acceptors (Lipinski definition) is 1. The summed E-state index contributed by atoms with van der Waals surface area (Å²) < 4.78 is 4.72. The molecular weight excluding hydrogens is 789 g/mol. The van der Waals surface area contributed by atoms with Crippen molar-refractivity contribution in [3.05, 3.63) is 237 Å². The fourth-order valence-electron chi connectivity index (χ4n) is 9.92. The maximum atomic E-state index is 5.32. The topological polar surface area (TPSA) is 38.5 Å². The normalized spacial score (nSPS) is 11.7. The van der Waals surface area contributed by atoms with Gasteiger partial charge in [-0.25, -0.2) is 4.98 Å². The molecule has 0 radical (unpaired) electrons. The Morgan fingerprint density at radius 2 is 0.646 bits per heavy atom. The van der Waals surface area contributed by atoms with Gasteiger partial charge in [-0.15, -0.1) is 0 Å². The number of H-pyrrole nitrogens is 1. The minimum atomic E-state index is 0.843. The lowest BCUT2D eigenvalue weighted by molar-refractivity contribution is 1.18. The second-order valence-electron chi connectivity index (χ2n) is 16.9. The number of imidazole rings is 1. The molecular formula is C61H40N4. The summed E-state index contributed by atoms with van der Waals surface area (Å²) in [7, 11) is 0. The van der Waals surface area contributed by atoms with E-state index in [4.69, 9.17) is 4.98 Å². The molecule has 65 heavy (non-hydrogen) atoms. The maximum Gasteiger partial charge on any atom is 0.138 e. The van der Waals surface area contributed by atoms with Crippen molar-refractivity contribution in [2.24, 2.45) is 0 Å². The number of hydrogen-bond donors (Lipinski definition) is 1. The van der Waals surface area contributed by atoms with E-state index >= 15 is 0 Å². The maximum absolute atomic E-state index is 5.32. The van der Waals surface area contributed by atoms with Crippen molar-refractivity contribution in [2.45, 2.75) is 0 Å². The van der Waals surface area contributed by atoms with Crippen LogP contribution in [0.2, 0.25) is 0 Å². The molecule has 0 fully saturated rings. The lowest BCUT2D eigenvalue weighted by Crippen LogP contribution is -1.93. The van der Waals surface area contributed by atoms with E-state index in [1.54, 1.807) is 0 Å². The summed E-state index contributed by atoms with van der Waals surface area (Å²) in [6.45, 7) is 0. The molecule has 0 unspecified atom stereocenters. The van der Waals surface area contributed by atoms with Gasteiger partial charge >= 0.3 is 0 Å². The first-order chi connectivity index (χ1) is 32.2. The number of para-hydroxylation sites is 4. The number of rotatable bonds is 7. The Morgan fingerprint density at radius 1 is 0.292 bits per heavy atom. The predicted octanol–water partition coefficient (Wildman–Crippen LogP) is 16.1. The zero-order valence-corrected chi connectivity index (χ0v) is 35.4. The molecule has 0 amide bonds. The lowest BCUT2D eigenvalue weighted by atomic mass is 9.99. The molecule has 0 aliphatic carbocycles. The average Bonchev–Trinajstić information content (AvgIpc) is 4.08. The van der Waals surface area contributed by atoms with Crippen molar-refractivity contribution in [2.75, 3.05) is 0 Å². The standard InChI is InChI=1S/C61H40N4/c1-2-12-47-39-48(30-25-40(47)11-1)61-62-59(45-26-21-41(22-27-45)43-31-35-49(36-32-43)64-55-17-7-3-13-51(55)52-14-4-8-18-56(52)64)60(63-61)46-28-23-42(24-29-46)44-33-37-50(38-34-44)65-57-19-9-5-15-53(57)54-16-6-10-20-58(54)65/h1-39H,(H,62,63). The van der Waals surface area contributed by atoms with Gasteiger partial charge in [0.2, 0.25) is 0 Å². The highest BCUT2D eigenvalue weighted by Gasteiger charge is 2.18. The number of aromatic nitrogens is 4. The number of nitrogens with one attached hydrogen (secondary N) is 1. The number of aromatic amines is 1. The van der Waals surface area contributed by atoms with Crippen molar-refractivity contribution in [3.63, 3.8) is 0 Å². The van der Waals surface area contributed by atoms with Crippen molar-refractivity contribution >= 4 is 54.4 Å². The fourth-order valence-corrected chi connectivity index (χ4v) is 9.92. The molecule has 0 spiro atoms. The van der Waals surface area contributed by atoms with Crippen LogP contribution in [0, 0.1) is 0 Å². The quantitative estimate of drug-likeness (QED) is 0.171. The minimum Gasteiger partial charge on any atom is -0.337 e. The molecule has 0 aliphatic rings. The summed E-state index contributed by atoms with van der Waals surface area (Å²) >= 11 is 0. The van der Waals surface area contributed by atoms with E-state index in [1.807, 2.05) is 0 Å². The SMILES string of the molecule is c1ccc2cc(-c3nc(-c4ccc(-c5ccc(-n6c7ccccc7c7ccccc76)cc5)cc4)c(-c4ccc(-c5ccc(-n6c7ccccc7c7ccccc76)cc5)cc4)[nH]3)ccc2c1. The van der Waals surface area contributed by atoms with Crippen molar-refractivity contribution < 1.29 is 0 Å². The Balaban J connectivity index is 0.835. The highest BCUT2D eigenvalue weighted by atomic mass is 15.0. The Labute approximate surface area is 376 Å². The van der Waals surface area contributed by atoms with E-state index in [9.17, 15) is 0 Å². The van der Waals surface area contributed by atoms with Crippen LogP contribution in [0.5, 0.6) is 0 Å². The second kappa shape index (κ2) is 15.0. The fraction of sp³-hybridized carbons (Fsp3) is 0. The van der Waals surface area contributed by atoms with Crippen LogP contribution in [0.3, 0.4) is 0 Å². The second-order valence-corrected chi connectivity index (χ2v) is 16.9. The molecule has 304 valence electrons. The van der Waals surface area contributed by atoms with Crippen molar-refractivity contribution in [1.29, 1.82) is 0 Å². The summed E-state index contributed by atoms with van der Waals surface area (Å²) in [6.07, 6.45) is 0. The molecule has 13 aromatic rings. The van der Waals surface area contributed by atoms with E-state index < -0.39 is 0 Å². The molecule has 0 atom stereocenters. The first kappa shape index (κ1) is 36.9. The average molecular weight is 829 g/mol. The molecule has 1 N–H and O–H groups in total. The van der Waals surface area contributed by atoms with Gasteiger partial charge < -0.3 is 14.1 Å². The molecule has 0 aliphatic heterocycles. The van der Waals surface area contributed by atoms with Gasteiger partial charge in [0.05, 0.1) is 33.5 Å². The zero-order chi connectivity index (χ0) is 42.8. The molecule has 4 nitrogen and oxygen atoms in total. The third-order valence-electron chi connectivity index (χ3n) is 13.1. The van der Waals surface area contributed by atoms with Crippen LogP contribution in [0.4, 0.5) is 0 Å². The largest absolute Gasteiger partial charge is 0.337 e. The van der Waals surface area contributed by atoms with E-state index in [-0.39, 0.29) is 0 Å². The third-order valence-corrected chi connectivity index (χ3v) is 13.1. The van der Waals surface area contributed by atoms with Crippen molar-refractivity contribution in [1.82, 2.24) is 19.1 Å². The van der Waals surface area contributed by atoms with Gasteiger partial charge in [-0.3, -0.25) is 0 Å². The molecule has 0 bridgehead atoms. The van der Waals surface area contributed by atoms with Gasteiger partial charge in [0.1, 0.15) is 5.82 Å². The number of benzene rings is 10. The summed E-state index contributed by atoms with van der Waals surface area (Å²) in [6, 6.07) is 85.2. The van der Waals surface area contributed by atoms with Gasteiger partial charge in [-0.05, 0) is 87.6 Å². The Kier molecular flexibility index (Phi) is 8.50. The van der Waals surface area contributed by atoms with Crippen molar-refractivity contribution in [3.8, 4) is 67.5 Å². The zero-order valence-electron chi connectivity index (χ0n) is 35.4. The summed E-state index contributed by atoms with van der Waals surface area (Å²) in [5.41, 5.74) is 16.9. The van der Waals surface area contributed by atoms with E-state index in [2.05, 4.69) is 251 Å². The number of nitrogens with zero attached hydrogens (tertiary/aromatic N) is 3. The smallest absolute Gasteiger partial charge is 0.138 e. The van der Waals surface area contributed by atoms with Gasteiger partial charge in [0.15, 0.2) is 0 Å². The molecule has 3 heterocycles. The Morgan fingerprint density at radius 3 is 1.11 bits per heavy atom. The van der Waals surface area contributed by atoms with Gasteiger partial charge in [-0.1, -0.05) is 182 Å². The Bertz CT molecular complexity index is 3580. The first-order valence-corrected chi connectivity index (χ1v) is 22.2. The van der Waals surface area contributed by atoms with Gasteiger partial charge in [0.25, 0.3) is 0 Å². The van der Waals surface area contributed by atoms with Crippen LogP contribution in [0.1, 0.15) is 0 Å². The van der Waals surface area contributed by atoms with E-state index in [0.29, 0.717) is 0 Å². The van der Waals surface area contributed by atoms with Gasteiger partial charge in [-0.2, -0.15) is 0 Å². The molecule has 0 saturated heterocycles. The summed E-state index contributed by atoms with van der Waals surface area (Å²) in [4.78, 5) is 9.09. The molecule has 4 heteroatoms. The van der Waals surface area contributed by atoms with E-state index in [1.165, 1.54) is 65.5 Å². The van der Waals surface area contributed by atoms with Crippen LogP contribution in [-0.2, 0) is 0 Å². The monoisotopic (exact) mass is 828 g/mol. The minimum absolute atomic E-state index is 0.843. The van der Waals surface area contributed by atoms with Crippen LogP contribution in [-0.4, -0.2) is 19.1 Å². The van der Waals surface area contributed by atoms with Crippen LogP contribution < -0.4 is 0 Å². The van der Waals surface area contributed by atoms with E-state index in [0.717, 1.165) is 56.4 Å². The van der Waals surface area contributed by atoms with Crippen LogP contribution >= 0.6 is 0 Å².